The monoisotopic (exact) mass is 316 g/mol. The van der Waals surface area contributed by atoms with Crippen molar-refractivity contribution in [3.8, 4) is 0 Å². The van der Waals surface area contributed by atoms with Crippen LogP contribution in [0.2, 0.25) is 0 Å². The molecule has 23 heavy (non-hydrogen) atoms. The number of rotatable bonds is 4. The number of hydrogen-bond acceptors (Lipinski definition) is 3. The molecule has 0 spiro atoms. The molecular formula is C18H24N2O3. The summed E-state index contributed by atoms with van der Waals surface area (Å²) in [5.41, 5.74) is 1.64. The molecule has 0 atom stereocenters. The highest BCUT2D eigenvalue weighted by molar-refractivity contribution is 5.90. The van der Waals surface area contributed by atoms with E-state index in [1.807, 2.05) is 29.2 Å². The van der Waals surface area contributed by atoms with Crippen LogP contribution >= 0.6 is 0 Å². The molecule has 2 rings (SSSR count). The molecule has 124 valence electrons. The molecule has 1 aliphatic rings. The van der Waals surface area contributed by atoms with Gasteiger partial charge in [-0.2, -0.15) is 0 Å². The zero-order valence-corrected chi connectivity index (χ0v) is 13.6. The molecule has 0 saturated carbocycles. The van der Waals surface area contributed by atoms with Gasteiger partial charge in [0.05, 0.1) is 6.61 Å². The summed E-state index contributed by atoms with van der Waals surface area (Å²) >= 11 is 0. The van der Waals surface area contributed by atoms with Gasteiger partial charge >= 0.3 is 12.0 Å². The number of nitrogens with zero attached hydrogens (tertiary/aromatic N) is 1. The molecule has 5 nitrogen and oxygen atoms in total. The summed E-state index contributed by atoms with van der Waals surface area (Å²) in [4.78, 5) is 25.4. The lowest BCUT2D eigenvalue weighted by molar-refractivity contribution is -0.137. The molecule has 1 fully saturated rings. The number of ether oxygens (including phenoxy) is 1. The van der Waals surface area contributed by atoms with E-state index in [4.69, 9.17) is 4.74 Å². The van der Waals surface area contributed by atoms with Gasteiger partial charge in [0.25, 0.3) is 0 Å². The van der Waals surface area contributed by atoms with Gasteiger partial charge in [-0.05, 0) is 43.5 Å². The number of benzene rings is 1. The normalized spacial score (nSPS) is 15.3. The molecule has 1 aromatic rings. The van der Waals surface area contributed by atoms with Crippen molar-refractivity contribution in [3.05, 3.63) is 35.9 Å². The molecule has 0 unspecified atom stereocenters. The standard InChI is InChI=1S/C18H24N2O3/c1-2-23-17(21)12-9-15-7-10-16(11-8-15)19-18(22)20-13-5-3-4-6-14-20/h7-12H,2-6,13-14H2,1H3,(H,19,22)/b12-9+. The van der Waals surface area contributed by atoms with Gasteiger partial charge in [0.2, 0.25) is 0 Å². The van der Waals surface area contributed by atoms with E-state index >= 15 is 0 Å². The molecule has 1 heterocycles. The smallest absolute Gasteiger partial charge is 0.330 e. The number of amides is 2. The van der Waals surface area contributed by atoms with Crippen LogP contribution in [0.4, 0.5) is 10.5 Å². The summed E-state index contributed by atoms with van der Waals surface area (Å²) < 4.78 is 4.83. The second-order valence-corrected chi connectivity index (χ2v) is 5.54. The van der Waals surface area contributed by atoms with Gasteiger partial charge in [0.1, 0.15) is 0 Å². The Morgan fingerprint density at radius 1 is 1.13 bits per heavy atom. The SMILES string of the molecule is CCOC(=O)/C=C/c1ccc(NC(=O)N2CCCCCC2)cc1. The van der Waals surface area contributed by atoms with Crippen LogP contribution in [-0.4, -0.2) is 36.6 Å². The highest BCUT2D eigenvalue weighted by Gasteiger charge is 2.15. The molecule has 0 aromatic heterocycles. The van der Waals surface area contributed by atoms with Crippen molar-refractivity contribution < 1.29 is 14.3 Å². The fraction of sp³-hybridized carbons (Fsp3) is 0.444. The van der Waals surface area contributed by atoms with Gasteiger partial charge in [-0.25, -0.2) is 9.59 Å². The topological polar surface area (TPSA) is 58.6 Å². The third-order valence-corrected chi connectivity index (χ3v) is 3.75. The maximum absolute atomic E-state index is 12.2. The van der Waals surface area contributed by atoms with E-state index in [9.17, 15) is 9.59 Å². The van der Waals surface area contributed by atoms with Crippen LogP contribution in [0.1, 0.15) is 38.2 Å². The summed E-state index contributed by atoms with van der Waals surface area (Å²) in [6, 6.07) is 7.34. The number of carbonyl (C=O) groups is 2. The van der Waals surface area contributed by atoms with E-state index in [-0.39, 0.29) is 12.0 Å². The van der Waals surface area contributed by atoms with Crippen molar-refractivity contribution in [1.82, 2.24) is 4.90 Å². The van der Waals surface area contributed by atoms with Crippen LogP contribution in [0, 0.1) is 0 Å². The first kappa shape index (κ1) is 17.1. The first-order chi connectivity index (χ1) is 11.2. The molecule has 1 N–H and O–H groups in total. The van der Waals surface area contributed by atoms with Gasteiger partial charge < -0.3 is 15.0 Å². The number of hydrogen-bond donors (Lipinski definition) is 1. The van der Waals surface area contributed by atoms with Crippen molar-refractivity contribution in [1.29, 1.82) is 0 Å². The lowest BCUT2D eigenvalue weighted by atomic mass is 10.2. The number of nitrogens with one attached hydrogen (secondary N) is 1. The second kappa shape index (κ2) is 8.98. The van der Waals surface area contributed by atoms with Crippen molar-refractivity contribution in [2.45, 2.75) is 32.6 Å². The average Bonchev–Trinajstić information content (AvgIpc) is 2.84. The molecule has 1 aliphatic heterocycles. The Labute approximate surface area is 137 Å². The van der Waals surface area contributed by atoms with Crippen molar-refractivity contribution in [2.75, 3.05) is 25.0 Å². The quantitative estimate of drug-likeness (QED) is 0.681. The van der Waals surface area contributed by atoms with Crippen molar-refractivity contribution in [3.63, 3.8) is 0 Å². The van der Waals surface area contributed by atoms with Crippen LogP contribution < -0.4 is 5.32 Å². The van der Waals surface area contributed by atoms with E-state index < -0.39 is 0 Å². The molecule has 1 aromatic carbocycles. The van der Waals surface area contributed by atoms with Gasteiger partial charge in [0, 0.05) is 24.9 Å². The Morgan fingerprint density at radius 3 is 2.39 bits per heavy atom. The van der Waals surface area contributed by atoms with Crippen LogP contribution in [-0.2, 0) is 9.53 Å². The largest absolute Gasteiger partial charge is 0.463 e. The van der Waals surface area contributed by atoms with Crippen LogP contribution in [0.15, 0.2) is 30.3 Å². The zero-order valence-electron chi connectivity index (χ0n) is 13.6. The minimum absolute atomic E-state index is 0.0401. The maximum Gasteiger partial charge on any atom is 0.330 e. The molecule has 1 saturated heterocycles. The minimum atomic E-state index is -0.356. The Balaban J connectivity index is 1.89. The minimum Gasteiger partial charge on any atom is -0.463 e. The first-order valence-electron chi connectivity index (χ1n) is 8.20. The van der Waals surface area contributed by atoms with Gasteiger partial charge in [-0.3, -0.25) is 0 Å². The highest BCUT2D eigenvalue weighted by Crippen LogP contribution is 2.14. The predicted molar refractivity (Wildman–Crippen MR) is 91.2 cm³/mol. The Bertz CT molecular complexity index is 544. The fourth-order valence-electron chi connectivity index (χ4n) is 2.51. The summed E-state index contributed by atoms with van der Waals surface area (Å²) in [5, 5.41) is 2.92. The van der Waals surface area contributed by atoms with Crippen LogP contribution in [0.25, 0.3) is 6.08 Å². The average molecular weight is 316 g/mol. The summed E-state index contributed by atoms with van der Waals surface area (Å²) in [6.45, 7) is 3.79. The summed E-state index contributed by atoms with van der Waals surface area (Å²) in [6.07, 6.45) is 7.64. The lowest BCUT2D eigenvalue weighted by Gasteiger charge is -2.20. The lowest BCUT2D eigenvalue weighted by Crippen LogP contribution is -2.35. The van der Waals surface area contributed by atoms with Crippen molar-refractivity contribution in [2.24, 2.45) is 0 Å². The Morgan fingerprint density at radius 2 is 1.78 bits per heavy atom. The van der Waals surface area contributed by atoms with E-state index in [0.29, 0.717) is 6.61 Å². The van der Waals surface area contributed by atoms with Gasteiger partial charge in [0.15, 0.2) is 0 Å². The predicted octanol–water partition coefficient (Wildman–Crippen LogP) is 3.67. The molecular weight excluding hydrogens is 292 g/mol. The maximum atomic E-state index is 12.2. The number of urea groups is 1. The summed E-state index contributed by atoms with van der Waals surface area (Å²) in [5.74, 6) is -0.356. The first-order valence-corrected chi connectivity index (χ1v) is 8.20. The Hall–Kier alpha value is -2.30. The van der Waals surface area contributed by atoms with E-state index in [0.717, 1.165) is 37.2 Å². The van der Waals surface area contributed by atoms with Gasteiger partial charge in [-0.1, -0.05) is 25.0 Å². The van der Waals surface area contributed by atoms with E-state index in [1.54, 1.807) is 13.0 Å². The molecule has 2 amide bonds. The number of esters is 1. The number of carbonyl (C=O) groups excluding carboxylic acids is 2. The van der Waals surface area contributed by atoms with Gasteiger partial charge in [-0.15, -0.1) is 0 Å². The second-order valence-electron chi connectivity index (χ2n) is 5.54. The number of anilines is 1. The Kier molecular flexibility index (Phi) is 6.66. The highest BCUT2D eigenvalue weighted by atomic mass is 16.5. The third-order valence-electron chi connectivity index (χ3n) is 3.75. The van der Waals surface area contributed by atoms with Crippen LogP contribution in [0.5, 0.6) is 0 Å². The molecule has 0 aliphatic carbocycles. The molecule has 0 bridgehead atoms. The van der Waals surface area contributed by atoms with Crippen LogP contribution in [0.3, 0.4) is 0 Å². The van der Waals surface area contributed by atoms with E-state index in [2.05, 4.69) is 5.32 Å². The number of likely N-dealkylation sites (tertiary alicyclic amines) is 1. The summed E-state index contributed by atoms with van der Waals surface area (Å²) in [7, 11) is 0. The fourth-order valence-corrected chi connectivity index (χ4v) is 2.51. The third kappa shape index (κ3) is 5.77. The molecule has 5 heteroatoms. The zero-order chi connectivity index (χ0) is 16.5. The molecule has 0 radical (unpaired) electrons. The van der Waals surface area contributed by atoms with E-state index in [1.165, 1.54) is 18.9 Å². The van der Waals surface area contributed by atoms with Crippen molar-refractivity contribution >= 4 is 23.8 Å².